The molecule has 0 spiro atoms. The van der Waals surface area contributed by atoms with Crippen molar-refractivity contribution in [3.8, 4) is 0 Å². The molecule has 1 aliphatic carbocycles. The Labute approximate surface area is 127 Å². The van der Waals surface area contributed by atoms with Crippen LogP contribution >= 0.6 is 0 Å². The first-order chi connectivity index (χ1) is 10.3. The highest BCUT2D eigenvalue weighted by molar-refractivity contribution is 4.96. The van der Waals surface area contributed by atoms with Crippen LogP contribution in [-0.2, 0) is 11.3 Å². The van der Waals surface area contributed by atoms with Gasteiger partial charge in [-0.05, 0) is 37.3 Å². The zero-order chi connectivity index (χ0) is 14.9. The molecule has 0 aromatic carbocycles. The van der Waals surface area contributed by atoms with Gasteiger partial charge in [0.2, 0.25) is 0 Å². The molecule has 2 unspecified atom stereocenters. The van der Waals surface area contributed by atoms with E-state index in [4.69, 9.17) is 9.15 Å². The molecule has 1 saturated carbocycles. The average molecular weight is 295 g/mol. The van der Waals surface area contributed by atoms with Crippen LogP contribution < -0.4 is 5.32 Å². The number of nitrogens with one attached hydrogen (secondary N) is 1. The predicted octanol–water partition coefficient (Wildman–Crippen LogP) is 3.11. The quantitative estimate of drug-likeness (QED) is 0.735. The van der Waals surface area contributed by atoms with Gasteiger partial charge in [0.25, 0.3) is 0 Å². The first-order valence-electron chi connectivity index (χ1n) is 8.31. The van der Waals surface area contributed by atoms with Crippen LogP contribution in [0.3, 0.4) is 0 Å². The van der Waals surface area contributed by atoms with E-state index < -0.39 is 6.10 Å². The minimum absolute atomic E-state index is 0.342. The summed E-state index contributed by atoms with van der Waals surface area (Å²) in [5, 5.41) is 13.5. The van der Waals surface area contributed by atoms with E-state index in [-0.39, 0.29) is 0 Å². The van der Waals surface area contributed by atoms with E-state index in [1.807, 2.05) is 12.1 Å². The number of aliphatic hydroxyl groups is 1. The summed E-state index contributed by atoms with van der Waals surface area (Å²) in [6, 6.07) is 4.25. The molecule has 2 rings (SSSR count). The normalized spacial score (nSPS) is 19.5. The van der Waals surface area contributed by atoms with Crippen LogP contribution in [-0.4, -0.2) is 30.4 Å². The van der Waals surface area contributed by atoms with E-state index in [1.165, 1.54) is 32.1 Å². The Hall–Kier alpha value is -0.840. The summed E-state index contributed by atoms with van der Waals surface area (Å²) in [7, 11) is 0. The number of hydrogen-bond acceptors (Lipinski definition) is 4. The van der Waals surface area contributed by atoms with Crippen LogP contribution in [0.1, 0.15) is 51.2 Å². The van der Waals surface area contributed by atoms with Crippen LogP contribution in [0.15, 0.2) is 22.8 Å². The van der Waals surface area contributed by atoms with Gasteiger partial charge in [-0.3, -0.25) is 0 Å². The molecule has 0 amide bonds. The van der Waals surface area contributed by atoms with Crippen molar-refractivity contribution in [1.29, 1.82) is 0 Å². The second-order valence-electron chi connectivity index (χ2n) is 6.07. The van der Waals surface area contributed by atoms with Crippen molar-refractivity contribution in [3.05, 3.63) is 24.2 Å². The zero-order valence-electron chi connectivity index (χ0n) is 13.1. The monoisotopic (exact) mass is 295 g/mol. The standard InChI is InChI=1S/C17H29NO3/c1-2-17(14-7-4-3-5-8-14)18-11-15(19)12-20-13-16-9-6-10-21-16/h6,9-10,14-15,17-19H,2-5,7-8,11-13H2,1H3. The summed E-state index contributed by atoms with van der Waals surface area (Å²) in [6.07, 6.45) is 9.06. The molecule has 0 radical (unpaired) electrons. The summed E-state index contributed by atoms with van der Waals surface area (Å²) in [5.74, 6) is 1.57. The first kappa shape index (κ1) is 16.5. The second-order valence-corrected chi connectivity index (χ2v) is 6.07. The van der Waals surface area contributed by atoms with Crippen molar-refractivity contribution in [2.24, 2.45) is 5.92 Å². The lowest BCUT2D eigenvalue weighted by Crippen LogP contribution is -2.42. The van der Waals surface area contributed by atoms with E-state index in [0.717, 1.165) is 18.1 Å². The predicted molar refractivity (Wildman–Crippen MR) is 83.0 cm³/mol. The van der Waals surface area contributed by atoms with Gasteiger partial charge in [0, 0.05) is 12.6 Å². The molecule has 1 aliphatic rings. The summed E-state index contributed by atoms with van der Waals surface area (Å²) in [4.78, 5) is 0. The van der Waals surface area contributed by atoms with Crippen molar-refractivity contribution in [3.63, 3.8) is 0 Å². The van der Waals surface area contributed by atoms with Crippen LogP contribution in [0.5, 0.6) is 0 Å². The van der Waals surface area contributed by atoms with Crippen molar-refractivity contribution >= 4 is 0 Å². The minimum Gasteiger partial charge on any atom is -0.467 e. The Morgan fingerprint density at radius 2 is 2.19 bits per heavy atom. The largest absolute Gasteiger partial charge is 0.467 e. The molecule has 0 aliphatic heterocycles. The van der Waals surface area contributed by atoms with Gasteiger partial charge >= 0.3 is 0 Å². The number of hydrogen-bond donors (Lipinski definition) is 2. The fraction of sp³-hybridized carbons (Fsp3) is 0.765. The fourth-order valence-corrected chi connectivity index (χ4v) is 3.22. The maximum Gasteiger partial charge on any atom is 0.129 e. The third-order valence-electron chi connectivity index (χ3n) is 4.41. The van der Waals surface area contributed by atoms with Gasteiger partial charge in [-0.2, -0.15) is 0 Å². The van der Waals surface area contributed by atoms with Gasteiger partial charge in [-0.15, -0.1) is 0 Å². The van der Waals surface area contributed by atoms with Crippen molar-refractivity contribution in [2.45, 2.75) is 64.2 Å². The highest BCUT2D eigenvalue weighted by Crippen LogP contribution is 2.27. The summed E-state index contributed by atoms with van der Waals surface area (Å²) < 4.78 is 10.7. The maximum absolute atomic E-state index is 10.0. The molecule has 1 heterocycles. The number of rotatable bonds is 9. The van der Waals surface area contributed by atoms with E-state index in [0.29, 0.717) is 25.8 Å². The average Bonchev–Trinajstić information content (AvgIpc) is 3.02. The van der Waals surface area contributed by atoms with E-state index in [2.05, 4.69) is 12.2 Å². The van der Waals surface area contributed by atoms with Gasteiger partial charge in [-0.25, -0.2) is 0 Å². The van der Waals surface area contributed by atoms with Crippen LogP contribution in [0, 0.1) is 5.92 Å². The Kier molecular flexibility index (Phi) is 7.27. The van der Waals surface area contributed by atoms with Gasteiger partial charge in [-0.1, -0.05) is 26.2 Å². The molecule has 120 valence electrons. The molecule has 21 heavy (non-hydrogen) atoms. The van der Waals surface area contributed by atoms with Crippen LogP contribution in [0.2, 0.25) is 0 Å². The van der Waals surface area contributed by atoms with Gasteiger partial charge in [0.1, 0.15) is 12.4 Å². The molecule has 0 bridgehead atoms. The lowest BCUT2D eigenvalue weighted by molar-refractivity contribution is 0.0202. The molecular weight excluding hydrogens is 266 g/mol. The summed E-state index contributed by atoms with van der Waals surface area (Å²) in [6.45, 7) is 3.60. The van der Waals surface area contributed by atoms with Gasteiger partial charge < -0.3 is 19.6 Å². The maximum atomic E-state index is 10.0. The SMILES string of the molecule is CCC(NCC(O)COCc1ccco1)C1CCCCC1. The molecule has 2 N–H and O–H groups in total. The minimum atomic E-state index is -0.461. The number of aliphatic hydroxyl groups excluding tert-OH is 1. The molecule has 4 nitrogen and oxygen atoms in total. The molecule has 1 aromatic heterocycles. The lowest BCUT2D eigenvalue weighted by Gasteiger charge is -2.31. The topological polar surface area (TPSA) is 54.6 Å². The Morgan fingerprint density at radius 3 is 2.86 bits per heavy atom. The van der Waals surface area contributed by atoms with E-state index in [9.17, 15) is 5.11 Å². The molecule has 2 atom stereocenters. The van der Waals surface area contributed by atoms with Gasteiger partial charge in [0.15, 0.2) is 0 Å². The Balaban J connectivity index is 1.61. The summed E-state index contributed by atoms with van der Waals surface area (Å²) >= 11 is 0. The summed E-state index contributed by atoms with van der Waals surface area (Å²) in [5.41, 5.74) is 0. The third kappa shape index (κ3) is 5.81. The van der Waals surface area contributed by atoms with Crippen molar-refractivity contribution < 1.29 is 14.3 Å². The number of furan rings is 1. The van der Waals surface area contributed by atoms with E-state index >= 15 is 0 Å². The third-order valence-corrected chi connectivity index (χ3v) is 4.41. The molecule has 0 saturated heterocycles. The van der Waals surface area contributed by atoms with Crippen molar-refractivity contribution in [2.75, 3.05) is 13.2 Å². The van der Waals surface area contributed by atoms with Crippen LogP contribution in [0.4, 0.5) is 0 Å². The Bertz CT molecular complexity index is 360. The molecule has 1 fully saturated rings. The van der Waals surface area contributed by atoms with Crippen LogP contribution in [0.25, 0.3) is 0 Å². The Morgan fingerprint density at radius 1 is 1.38 bits per heavy atom. The number of ether oxygens (including phenoxy) is 1. The smallest absolute Gasteiger partial charge is 0.129 e. The van der Waals surface area contributed by atoms with Crippen molar-refractivity contribution in [1.82, 2.24) is 5.32 Å². The fourth-order valence-electron chi connectivity index (χ4n) is 3.22. The highest BCUT2D eigenvalue weighted by Gasteiger charge is 2.22. The lowest BCUT2D eigenvalue weighted by atomic mass is 9.83. The highest BCUT2D eigenvalue weighted by atomic mass is 16.5. The molecule has 4 heteroatoms. The van der Waals surface area contributed by atoms with E-state index in [1.54, 1.807) is 6.26 Å². The second kappa shape index (κ2) is 9.23. The zero-order valence-corrected chi connectivity index (χ0v) is 13.1. The molecule has 1 aromatic rings. The first-order valence-corrected chi connectivity index (χ1v) is 8.31. The van der Waals surface area contributed by atoms with Gasteiger partial charge in [0.05, 0.1) is 19.0 Å². The molecular formula is C17H29NO3.